The average Bonchev–Trinajstić information content (AvgIpc) is 2.72. The van der Waals surface area contributed by atoms with E-state index in [4.69, 9.17) is 9.47 Å². The first-order chi connectivity index (χ1) is 14.0. The monoisotopic (exact) mass is 390 g/mol. The Morgan fingerprint density at radius 1 is 1.14 bits per heavy atom. The summed E-state index contributed by atoms with van der Waals surface area (Å²) in [7, 11) is 0. The Kier molecular flexibility index (Phi) is 4.77. The van der Waals surface area contributed by atoms with E-state index in [0.717, 1.165) is 5.56 Å². The van der Waals surface area contributed by atoms with Crippen molar-refractivity contribution in [2.45, 2.75) is 31.6 Å². The molecule has 0 fully saturated rings. The molecule has 0 amide bonds. The number of hydrogen-bond donors (Lipinski definition) is 1. The third-order valence-corrected chi connectivity index (χ3v) is 4.78. The maximum Gasteiger partial charge on any atom is 0.316 e. The second kappa shape index (κ2) is 7.40. The van der Waals surface area contributed by atoms with E-state index >= 15 is 0 Å². The fourth-order valence-corrected chi connectivity index (χ4v) is 3.41. The number of nitriles is 1. The highest BCUT2D eigenvalue weighted by Gasteiger charge is 2.46. The Morgan fingerprint density at radius 3 is 2.55 bits per heavy atom. The van der Waals surface area contributed by atoms with Crippen LogP contribution in [0.3, 0.4) is 0 Å². The Morgan fingerprint density at radius 2 is 1.86 bits per heavy atom. The topological polar surface area (TPSA) is 80.1 Å². The van der Waals surface area contributed by atoms with Gasteiger partial charge in [-0.3, -0.25) is 0 Å². The number of hydrogen-bond acceptors (Lipinski definition) is 6. The molecule has 29 heavy (non-hydrogen) atoms. The average molecular weight is 390 g/mol. The lowest BCUT2D eigenvalue weighted by molar-refractivity contribution is -0.0427. The molecular formula is C22H19FN4O2. The number of nitrogens with one attached hydrogen (secondary N) is 1. The van der Waals surface area contributed by atoms with Crippen LogP contribution in [0.25, 0.3) is 0 Å². The first-order valence-corrected chi connectivity index (χ1v) is 9.15. The van der Waals surface area contributed by atoms with Gasteiger partial charge in [-0.25, -0.2) is 14.4 Å². The number of anilines is 1. The zero-order valence-electron chi connectivity index (χ0n) is 16.0. The molecule has 2 heterocycles. The van der Waals surface area contributed by atoms with Crippen molar-refractivity contribution in [3.05, 3.63) is 77.9 Å². The van der Waals surface area contributed by atoms with Crippen LogP contribution in [0.15, 0.2) is 60.9 Å². The molecule has 0 saturated heterocycles. The van der Waals surface area contributed by atoms with Gasteiger partial charge >= 0.3 is 6.01 Å². The van der Waals surface area contributed by atoms with Gasteiger partial charge in [-0.1, -0.05) is 0 Å². The van der Waals surface area contributed by atoms with Gasteiger partial charge in [-0.2, -0.15) is 5.26 Å². The lowest BCUT2D eigenvalue weighted by Gasteiger charge is -2.44. The summed E-state index contributed by atoms with van der Waals surface area (Å²) in [5.74, 6) is 0.336. The summed E-state index contributed by atoms with van der Waals surface area (Å²) in [6.45, 7) is 3.84. The number of rotatable bonds is 4. The number of fused-ring (bicyclic) bond motifs is 1. The minimum absolute atomic E-state index is 0.222. The van der Waals surface area contributed by atoms with Gasteiger partial charge in [0.2, 0.25) is 0 Å². The predicted molar refractivity (Wildman–Crippen MR) is 105 cm³/mol. The number of halogens is 1. The second-order valence-electron chi connectivity index (χ2n) is 7.27. The summed E-state index contributed by atoms with van der Waals surface area (Å²) < 4.78 is 25.7. The third-order valence-electron chi connectivity index (χ3n) is 4.78. The molecule has 1 N–H and O–H groups in total. The highest BCUT2D eigenvalue weighted by Crippen LogP contribution is 2.43. The van der Waals surface area contributed by atoms with E-state index in [1.54, 1.807) is 48.8 Å². The summed E-state index contributed by atoms with van der Waals surface area (Å²) in [6, 6.07) is 15.0. The maximum absolute atomic E-state index is 13.4. The van der Waals surface area contributed by atoms with Gasteiger partial charge in [-0.15, -0.1) is 0 Å². The lowest BCUT2D eigenvalue weighted by Crippen LogP contribution is -2.54. The molecule has 0 bridgehead atoms. The molecule has 1 aliphatic heterocycles. The van der Waals surface area contributed by atoms with E-state index in [9.17, 15) is 9.65 Å². The second-order valence-corrected chi connectivity index (χ2v) is 7.27. The molecule has 0 aliphatic carbocycles. The first kappa shape index (κ1) is 18.7. The van der Waals surface area contributed by atoms with Crippen molar-refractivity contribution in [2.24, 2.45) is 0 Å². The zero-order valence-corrected chi connectivity index (χ0v) is 16.0. The van der Waals surface area contributed by atoms with Crippen LogP contribution >= 0.6 is 0 Å². The minimum atomic E-state index is -0.738. The summed E-state index contributed by atoms with van der Waals surface area (Å²) in [6.07, 6.45) is 2.67. The van der Waals surface area contributed by atoms with Crippen molar-refractivity contribution in [3.8, 4) is 17.8 Å². The molecule has 0 radical (unpaired) electrons. The van der Waals surface area contributed by atoms with Gasteiger partial charge in [-0.05, 0) is 62.4 Å². The van der Waals surface area contributed by atoms with Crippen LogP contribution in [0.5, 0.6) is 11.8 Å². The summed E-state index contributed by atoms with van der Waals surface area (Å²) in [5.41, 5.74) is 1.25. The van der Waals surface area contributed by atoms with Gasteiger partial charge in [0.05, 0.1) is 17.7 Å². The Labute approximate surface area is 168 Å². The summed E-state index contributed by atoms with van der Waals surface area (Å²) >= 11 is 0. The molecule has 0 spiro atoms. The molecule has 1 aliphatic rings. The maximum atomic E-state index is 13.4. The number of aromatic nitrogens is 2. The number of ether oxygens (including phenoxy) is 2. The fraction of sp³-hybridized carbons (Fsp3) is 0.227. The summed E-state index contributed by atoms with van der Waals surface area (Å²) in [5, 5.41) is 12.8. The van der Waals surface area contributed by atoms with Crippen LogP contribution in [0.4, 0.5) is 10.1 Å². The standard InChI is InChI=1S/C22H19FN4O2/c1-22(2)20(28-21-25-10-3-11-26-21)19(27-16-7-5-15(23)6-8-16)17-12-14(13-24)4-9-18(17)29-22/h3-12,19-20,27H,1-2H3/t19-,20+/m0/s1. The Balaban J connectivity index is 1.79. The van der Waals surface area contributed by atoms with Crippen molar-refractivity contribution in [1.82, 2.24) is 9.97 Å². The number of benzene rings is 2. The molecule has 3 aromatic rings. The predicted octanol–water partition coefficient (Wildman–Crippen LogP) is 4.26. The Bertz CT molecular complexity index is 1050. The number of nitrogens with zero attached hydrogens (tertiary/aromatic N) is 3. The van der Waals surface area contributed by atoms with Crippen molar-refractivity contribution >= 4 is 5.69 Å². The van der Waals surface area contributed by atoms with E-state index in [-0.39, 0.29) is 11.8 Å². The van der Waals surface area contributed by atoms with E-state index in [1.807, 2.05) is 13.8 Å². The van der Waals surface area contributed by atoms with Gasteiger partial charge < -0.3 is 14.8 Å². The molecule has 0 saturated carbocycles. The van der Waals surface area contributed by atoms with Crippen LogP contribution in [-0.2, 0) is 0 Å². The minimum Gasteiger partial charge on any atom is -0.484 e. The Hall–Kier alpha value is -3.66. The molecule has 2 aromatic carbocycles. The molecule has 2 atom stereocenters. The zero-order chi connectivity index (χ0) is 20.4. The SMILES string of the molecule is CC1(C)Oc2ccc(C#N)cc2[C@H](Nc2ccc(F)cc2)[C@H]1Oc1ncccn1. The van der Waals surface area contributed by atoms with Crippen LogP contribution < -0.4 is 14.8 Å². The van der Waals surface area contributed by atoms with E-state index in [1.165, 1.54) is 12.1 Å². The molecule has 146 valence electrons. The molecule has 7 heteroatoms. The van der Waals surface area contributed by atoms with E-state index in [0.29, 0.717) is 17.0 Å². The van der Waals surface area contributed by atoms with Crippen molar-refractivity contribution in [1.29, 1.82) is 5.26 Å². The smallest absolute Gasteiger partial charge is 0.316 e. The fourth-order valence-electron chi connectivity index (χ4n) is 3.41. The van der Waals surface area contributed by atoms with Gasteiger partial charge in [0, 0.05) is 23.6 Å². The lowest BCUT2D eigenvalue weighted by atomic mass is 9.85. The van der Waals surface area contributed by atoms with E-state index < -0.39 is 17.7 Å². The molecule has 6 nitrogen and oxygen atoms in total. The van der Waals surface area contributed by atoms with Gasteiger partial charge in [0.15, 0.2) is 6.10 Å². The van der Waals surface area contributed by atoms with Crippen LogP contribution in [0, 0.1) is 17.1 Å². The molecule has 4 rings (SSSR count). The summed E-state index contributed by atoms with van der Waals surface area (Å²) in [4.78, 5) is 8.33. The molecular weight excluding hydrogens is 371 g/mol. The third kappa shape index (κ3) is 3.83. The van der Waals surface area contributed by atoms with Crippen LogP contribution in [0.2, 0.25) is 0 Å². The van der Waals surface area contributed by atoms with Gasteiger partial charge in [0.25, 0.3) is 0 Å². The highest BCUT2D eigenvalue weighted by atomic mass is 19.1. The normalized spacial score (nSPS) is 19.4. The van der Waals surface area contributed by atoms with Gasteiger partial charge in [0.1, 0.15) is 17.2 Å². The first-order valence-electron chi connectivity index (χ1n) is 9.15. The molecule has 0 unspecified atom stereocenters. The van der Waals surface area contributed by atoms with Crippen molar-refractivity contribution in [2.75, 3.05) is 5.32 Å². The highest BCUT2D eigenvalue weighted by molar-refractivity contribution is 5.52. The van der Waals surface area contributed by atoms with Crippen LogP contribution in [0.1, 0.15) is 31.0 Å². The largest absolute Gasteiger partial charge is 0.484 e. The molecule has 1 aromatic heterocycles. The van der Waals surface area contributed by atoms with Crippen LogP contribution in [-0.4, -0.2) is 21.7 Å². The quantitative estimate of drug-likeness (QED) is 0.717. The van der Waals surface area contributed by atoms with Crippen molar-refractivity contribution < 1.29 is 13.9 Å². The van der Waals surface area contributed by atoms with E-state index in [2.05, 4.69) is 21.4 Å². The van der Waals surface area contributed by atoms with Crippen molar-refractivity contribution in [3.63, 3.8) is 0 Å².